The summed E-state index contributed by atoms with van der Waals surface area (Å²) in [4.78, 5) is 17.9. The lowest BCUT2D eigenvalue weighted by molar-refractivity contribution is 0.0733. The lowest BCUT2D eigenvalue weighted by atomic mass is 10.1. The summed E-state index contributed by atoms with van der Waals surface area (Å²) in [6.45, 7) is 9.91. The Labute approximate surface area is 121 Å². The fourth-order valence-electron chi connectivity index (χ4n) is 1.83. The second-order valence-corrected chi connectivity index (χ2v) is 6.00. The maximum absolute atomic E-state index is 13.1. The van der Waals surface area contributed by atoms with Crippen molar-refractivity contribution in [3.63, 3.8) is 0 Å². The van der Waals surface area contributed by atoms with Crippen LogP contribution in [0, 0.1) is 17.8 Å². The Morgan fingerprint density at radius 1 is 1.15 bits per heavy atom. The molecule has 4 heteroatoms. The van der Waals surface area contributed by atoms with Crippen LogP contribution in [0.25, 0.3) is 0 Å². The van der Waals surface area contributed by atoms with Crippen LogP contribution >= 0.6 is 0 Å². The minimum absolute atomic E-state index is 0.175. The van der Waals surface area contributed by atoms with Crippen LogP contribution < -0.4 is 0 Å². The van der Waals surface area contributed by atoms with Gasteiger partial charge in [-0.2, -0.15) is 4.39 Å². The lowest BCUT2D eigenvalue weighted by Crippen LogP contribution is -2.34. The molecule has 20 heavy (non-hydrogen) atoms. The molecule has 1 rings (SSSR count). The van der Waals surface area contributed by atoms with Gasteiger partial charge in [0.2, 0.25) is 5.95 Å². The van der Waals surface area contributed by atoms with Crippen LogP contribution in [0.3, 0.4) is 0 Å². The maximum Gasteiger partial charge on any atom is 0.272 e. The molecule has 0 bridgehead atoms. The third-order valence-corrected chi connectivity index (χ3v) is 3.17. The number of rotatable bonds is 7. The number of hydrogen-bond acceptors (Lipinski definition) is 2. The van der Waals surface area contributed by atoms with E-state index in [1.54, 1.807) is 11.0 Å². The topological polar surface area (TPSA) is 33.2 Å². The molecular weight excluding hydrogens is 255 g/mol. The van der Waals surface area contributed by atoms with Gasteiger partial charge in [-0.05, 0) is 36.8 Å². The first kappa shape index (κ1) is 16.6. The van der Waals surface area contributed by atoms with Crippen molar-refractivity contribution >= 4 is 5.91 Å². The van der Waals surface area contributed by atoms with Crippen molar-refractivity contribution in [2.24, 2.45) is 11.8 Å². The highest BCUT2D eigenvalue weighted by atomic mass is 19.1. The van der Waals surface area contributed by atoms with Crippen molar-refractivity contribution in [1.82, 2.24) is 9.88 Å². The first-order chi connectivity index (χ1) is 9.40. The number of pyridine rings is 1. The van der Waals surface area contributed by atoms with Crippen LogP contribution in [0.5, 0.6) is 0 Å². The molecule has 1 heterocycles. The van der Waals surface area contributed by atoms with Crippen molar-refractivity contribution in [1.29, 1.82) is 0 Å². The monoisotopic (exact) mass is 280 g/mol. The van der Waals surface area contributed by atoms with Crippen LogP contribution in [0.2, 0.25) is 0 Å². The molecular formula is C16H25FN2O. The largest absolute Gasteiger partial charge is 0.337 e. The average molecular weight is 280 g/mol. The smallest absolute Gasteiger partial charge is 0.272 e. The summed E-state index contributed by atoms with van der Waals surface area (Å²) in [6, 6.07) is 4.35. The second kappa shape index (κ2) is 7.98. The summed E-state index contributed by atoms with van der Waals surface area (Å²) < 4.78 is 13.1. The van der Waals surface area contributed by atoms with Gasteiger partial charge in [-0.3, -0.25) is 4.79 Å². The summed E-state index contributed by atoms with van der Waals surface area (Å²) in [5.41, 5.74) is 0.192. The molecule has 0 saturated heterocycles. The van der Waals surface area contributed by atoms with Gasteiger partial charge in [0.15, 0.2) is 0 Å². The van der Waals surface area contributed by atoms with Crippen LogP contribution in [0.15, 0.2) is 18.2 Å². The lowest BCUT2D eigenvalue weighted by Gasteiger charge is -2.24. The second-order valence-electron chi connectivity index (χ2n) is 6.00. The summed E-state index contributed by atoms with van der Waals surface area (Å²) in [5, 5.41) is 0. The van der Waals surface area contributed by atoms with E-state index in [1.807, 2.05) is 0 Å². The number of halogens is 1. The Morgan fingerprint density at radius 2 is 1.70 bits per heavy atom. The number of amides is 1. The molecule has 0 aliphatic heterocycles. The molecule has 0 aromatic carbocycles. The Balaban J connectivity index is 2.76. The average Bonchev–Trinajstić information content (AvgIpc) is 2.37. The fourth-order valence-corrected chi connectivity index (χ4v) is 1.83. The highest BCUT2D eigenvalue weighted by Gasteiger charge is 2.18. The standard InChI is InChI=1S/C16H25FN2O/c1-12(2)8-10-19(11-9-13(3)4)16(20)14-6-5-7-15(17)18-14/h5-7,12-13H,8-11H2,1-4H3. The molecule has 0 aliphatic rings. The predicted molar refractivity (Wildman–Crippen MR) is 79.0 cm³/mol. The molecule has 0 aliphatic carbocycles. The maximum atomic E-state index is 13.1. The summed E-state index contributed by atoms with van der Waals surface area (Å²) in [7, 11) is 0. The summed E-state index contributed by atoms with van der Waals surface area (Å²) in [6.07, 6.45) is 1.89. The van der Waals surface area contributed by atoms with Crippen LogP contribution in [0.4, 0.5) is 4.39 Å². The minimum atomic E-state index is -0.608. The summed E-state index contributed by atoms with van der Waals surface area (Å²) in [5.74, 6) is 0.281. The van der Waals surface area contributed by atoms with E-state index in [2.05, 4.69) is 32.7 Å². The zero-order chi connectivity index (χ0) is 15.1. The van der Waals surface area contributed by atoms with Gasteiger partial charge in [0, 0.05) is 13.1 Å². The molecule has 0 atom stereocenters. The van der Waals surface area contributed by atoms with Crippen molar-refractivity contribution in [3.05, 3.63) is 29.8 Å². The number of hydrogen-bond donors (Lipinski definition) is 0. The van der Waals surface area contributed by atoms with E-state index < -0.39 is 5.95 Å². The normalized spacial score (nSPS) is 11.2. The SMILES string of the molecule is CC(C)CCN(CCC(C)C)C(=O)c1cccc(F)n1. The summed E-state index contributed by atoms with van der Waals surface area (Å²) >= 11 is 0. The van der Waals surface area contributed by atoms with Gasteiger partial charge in [-0.1, -0.05) is 33.8 Å². The van der Waals surface area contributed by atoms with Crippen LogP contribution in [-0.4, -0.2) is 28.9 Å². The first-order valence-corrected chi connectivity index (χ1v) is 7.32. The van der Waals surface area contributed by atoms with E-state index in [1.165, 1.54) is 12.1 Å². The fraction of sp³-hybridized carbons (Fsp3) is 0.625. The molecule has 0 spiro atoms. The highest BCUT2D eigenvalue weighted by molar-refractivity contribution is 5.92. The third-order valence-electron chi connectivity index (χ3n) is 3.17. The number of carbonyl (C=O) groups excluding carboxylic acids is 1. The van der Waals surface area contributed by atoms with Gasteiger partial charge in [0.25, 0.3) is 5.91 Å². The Kier molecular flexibility index (Phi) is 6.62. The zero-order valence-corrected chi connectivity index (χ0v) is 12.9. The van der Waals surface area contributed by atoms with Gasteiger partial charge in [0.05, 0.1) is 0 Å². The molecule has 112 valence electrons. The van der Waals surface area contributed by atoms with E-state index in [4.69, 9.17) is 0 Å². The van der Waals surface area contributed by atoms with E-state index in [9.17, 15) is 9.18 Å². The van der Waals surface area contributed by atoms with Crippen molar-refractivity contribution in [2.45, 2.75) is 40.5 Å². The van der Waals surface area contributed by atoms with Crippen LogP contribution in [0.1, 0.15) is 51.0 Å². The van der Waals surface area contributed by atoms with E-state index >= 15 is 0 Å². The molecule has 1 aromatic rings. The van der Waals surface area contributed by atoms with Gasteiger partial charge in [0.1, 0.15) is 5.69 Å². The molecule has 3 nitrogen and oxygen atoms in total. The molecule has 0 saturated carbocycles. The van der Waals surface area contributed by atoms with Gasteiger partial charge < -0.3 is 4.90 Å². The Hall–Kier alpha value is -1.45. The molecule has 1 aromatic heterocycles. The van der Waals surface area contributed by atoms with Crippen molar-refractivity contribution < 1.29 is 9.18 Å². The van der Waals surface area contributed by atoms with Gasteiger partial charge >= 0.3 is 0 Å². The van der Waals surface area contributed by atoms with Crippen molar-refractivity contribution in [2.75, 3.05) is 13.1 Å². The Morgan fingerprint density at radius 3 is 2.15 bits per heavy atom. The molecule has 0 unspecified atom stereocenters. The quantitative estimate of drug-likeness (QED) is 0.713. The highest BCUT2D eigenvalue weighted by Crippen LogP contribution is 2.10. The van der Waals surface area contributed by atoms with Gasteiger partial charge in [-0.25, -0.2) is 4.98 Å². The molecule has 1 amide bonds. The Bertz CT molecular complexity index is 420. The first-order valence-electron chi connectivity index (χ1n) is 7.32. The van der Waals surface area contributed by atoms with Crippen LogP contribution in [-0.2, 0) is 0 Å². The minimum Gasteiger partial charge on any atom is -0.337 e. The van der Waals surface area contributed by atoms with E-state index in [-0.39, 0.29) is 11.6 Å². The number of aromatic nitrogens is 1. The van der Waals surface area contributed by atoms with Crippen molar-refractivity contribution in [3.8, 4) is 0 Å². The number of nitrogens with zero attached hydrogens (tertiary/aromatic N) is 2. The molecule has 0 N–H and O–H groups in total. The molecule has 0 fully saturated rings. The number of carbonyl (C=O) groups is 1. The zero-order valence-electron chi connectivity index (χ0n) is 12.9. The van der Waals surface area contributed by atoms with E-state index in [0.29, 0.717) is 24.9 Å². The van der Waals surface area contributed by atoms with E-state index in [0.717, 1.165) is 12.8 Å². The molecule has 0 radical (unpaired) electrons. The third kappa shape index (κ3) is 5.68. The predicted octanol–water partition coefficient (Wildman–Crippen LogP) is 3.76. The van der Waals surface area contributed by atoms with Gasteiger partial charge in [-0.15, -0.1) is 0 Å².